The number of likely N-dealkylation sites (tertiary alicyclic amines) is 1. The van der Waals surface area contributed by atoms with Crippen LogP contribution in [0.1, 0.15) is 43.2 Å². The van der Waals surface area contributed by atoms with Crippen LogP contribution in [0.2, 0.25) is 0 Å². The van der Waals surface area contributed by atoms with Gasteiger partial charge >= 0.3 is 0 Å². The number of hydrogen-bond donors (Lipinski definition) is 3. The first kappa shape index (κ1) is 22.3. The van der Waals surface area contributed by atoms with E-state index in [1.165, 1.54) is 24.6 Å². The molecule has 2 heterocycles. The summed E-state index contributed by atoms with van der Waals surface area (Å²) in [6.45, 7) is 7.02. The highest BCUT2D eigenvalue weighted by molar-refractivity contribution is 7.10. The van der Waals surface area contributed by atoms with Crippen LogP contribution in [-0.2, 0) is 11.3 Å². The van der Waals surface area contributed by atoms with Gasteiger partial charge in [0, 0.05) is 36.6 Å². The number of benzene rings is 1. The minimum Gasteiger partial charge on any atom is -0.357 e. The summed E-state index contributed by atoms with van der Waals surface area (Å²) >= 11 is 1.85. The molecule has 6 nitrogen and oxygen atoms in total. The van der Waals surface area contributed by atoms with Gasteiger partial charge in [0.15, 0.2) is 5.96 Å². The van der Waals surface area contributed by atoms with Gasteiger partial charge in [0.1, 0.15) is 0 Å². The summed E-state index contributed by atoms with van der Waals surface area (Å²) in [4.78, 5) is 20.0. The molecule has 1 fully saturated rings. The van der Waals surface area contributed by atoms with Gasteiger partial charge in [0.05, 0.1) is 6.54 Å². The van der Waals surface area contributed by atoms with Gasteiger partial charge < -0.3 is 16.0 Å². The summed E-state index contributed by atoms with van der Waals surface area (Å²) in [5.74, 6) is 1.32. The SMILES string of the molecule is CCNC(=NCc1cccc(NC(C)=O)c1)NCC1CCCN(C)C1c1cccs1. The van der Waals surface area contributed by atoms with Gasteiger partial charge in [0.25, 0.3) is 0 Å². The van der Waals surface area contributed by atoms with Gasteiger partial charge in [-0.15, -0.1) is 11.3 Å². The third-order valence-electron chi connectivity index (χ3n) is 5.38. The summed E-state index contributed by atoms with van der Waals surface area (Å²) in [6, 6.07) is 12.7. The smallest absolute Gasteiger partial charge is 0.221 e. The molecule has 3 rings (SSSR count). The predicted molar refractivity (Wildman–Crippen MR) is 126 cm³/mol. The van der Waals surface area contributed by atoms with Crippen molar-refractivity contribution >= 4 is 28.9 Å². The summed E-state index contributed by atoms with van der Waals surface area (Å²) in [5, 5.41) is 11.9. The minimum atomic E-state index is -0.0663. The average molecular weight is 428 g/mol. The highest BCUT2D eigenvalue weighted by atomic mass is 32.1. The van der Waals surface area contributed by atoms with Crippen molar-refractivity contribution in [3.05, 3.63) is 52.2 Å². The average Bonchev–Trinajstić information content (AvgIpc) is 3.24. The zero-order valence-corrected chi connectivity index (χ0v) is 19.0. The quantitative estimate of drug-likeness (QED) is 0.464. The van der Waals surface area contributed by atoms with Gasteiger partial charge in [-0.25, -0.2) is 4.99 Å². The Balaban J connectivity index is 1.64. The standard InChI is InChI=1S/C23H33N5OS/c1-4-24-23(25-15-18-8-5-10-20(14-18)27-17(2)29)26-16-19-9-6-12-28(3)22(19)21-11-7-13-30-21/h5,7-8,10-11,13-14,19,22H,4,6,9,12,15-16H2,1-3H3,(H,27,29)(H2,24,25,26). The van der Waals surface area contributed by atoms with Crippen LogP contribution in [0.5, 0.6) is 0 Å². The maximum Gasteiger partial charge on any atom is 0.221 e. The van der Waals surface area contributed by atoms with Gasteiger partial charge in [0.2, 0.25) is 5.91 Å². The second-order valence-electron chi connectivity index (χ2n) is 7.80. The molecule has 2 unspecified atom stereocenters. The predicted octanol–water partition coefficient (Wildman–Crippen LogP) is 3.84. The van der Waals surface area contributed by atoms with Crippen LogP contribution < -0.4 is 16.0 Å². The van der Waals surface area contributed by atoms with E-state index in [0.29, 0.717) is 18.5 Å². The number of nitrogens with one attached hydrogen (secondary N) is 3. The van der Waals surface area contributed by atoms with E-state index in [1.807, 2.05) is 35.6 Å². The fraction of sp³-hybridized carbons (Fsp3) is 0.478. The van der Waals surface area contributed by atoms with Crippen LogP contribution in [0.3, 0.4) is 0 Å². The van der Waals surface area contributed by atoms with E-state index in [9.17, 15) is 4.79 Å². The Labute approximate surface area is 183 Å². The number of carbonyl (C=O) groups is 1. The van der Waals surface area contributed by atoms with E-state index in [-0.39, 0.29) is 5.91 Å². The fourth-order valence-corrected chi connectivity index (χ4v) is 5.06. The molecule has 1 aromatic carbocycles. The molecule has 0 saturated carbocycles. The number of rotatable bonds is 7. The molecule has 30 heavy (non-hydrogen) atoms. The van der Waals surface area contributed by atoms with E-state index < -0.39 is 0 Å². The van der Waals surface area contributed by atoms with Crippen molar-refractivity contribution in [2.75, 3.05) is 32.0 Å². The van der Waals surface area contributed by atoms with Crippen LogP contribution in [0.15, 0.2) is 46.8 Å². The van der Waals surface area contributed by atoms with Crippen molar-refractivity contribution in [1.82, 2.24) is 15.5 Å². The maximum atomic E-state index is 11.3. The summed E-state index contributed by atoms with van der Waals surface area (Å²) in [6.07, 6.45) is 2.45. The molecule has 1 aliphatic heterocycles. The third kappa shape index (κ3) is 6.31. The van der Waals surface area contributed by atoms with Gasteiger partial charge in [-0.3, -0.25) is 9.69 Å². The molecule has 1 amide bonds. The number of piperidine rings is 1. The number of thiophene rings is 1. The molecule has 7 heteroatoms. The Bertz CT molecular complexity index is 836. The molecule has 0 spiro atoms. The van der Waals surface area contributed by atoms with Crippen molar-refractivity contribution in [2.45, 2.75) is 39.3 Å². The Morgan fingerprint density at radius 2 is 2.13 bits per heavy atom. The fourth-order valence-electron chi connectivity index (χ4n) is 4.07. The van der Waals surface area contributed by atoms with Crippen molar-refractivity contribution in [3.63, 3.8) is 0 Å². The van der Waals surface area contributed by atoms with Crippen molar-refractivity contribution < 1.29 is 4.79 Å². The van der Waals surface area contributed by atoms with Gasteiger partial charge in [-0.2, -0.15) is 0 Å². The zero-order chi connectivity index (χ0) is 21.3. The molecule has 3 N–H and O–H groups in total. The summed E-state index contributed by atoms with van der Waals surface area (Å²) < 4.78 is 0. The Morgan fingerprint density at radius 3 is 2.87 bits per heavy atom. The van der Waals surface area contributed by atoms with E-state index in [0.717, 1.165) is 36.8 Å². The van der Waals surface area contributed by atoms with Gasteiger partial charge in [-0.1, -0.05) is 18.2 Å². The molecule has 1 aliphatic rings. The van der Waals surface area contributed by atoms with Gasteiger partial charge in [-0.05, 0) is 68.4 Å². The zero-order valence-electron chi connectivity index (χ0n) is 18.1. The van der Waals surface area contributed by atoms with Crippen LogP contribution in [0.4, 0.5) is 5.69 Å². The number of anilines is 1. The maximum absolute atomic E-state index is 11.3. The molecular formula is C23H33N5OS. The molecule has 0 bridgehead atoms. The molecular weight excluding hydrogens is 394 g/mol. The Morgan fingerprint density at radius 1 is 1.27 bits per heavy atom. The number of aliphatic imine (C=N–C) groups is 1. The molecule has 2 aromatic rings. The lowest BCUT2D eigenvalue weighted by Crippen LogP contribution is -2.44. The highest BCUT2D eigenvalue weighted by Gasteiger charge is 2.31. The van der Waals surface area contributed by atoms with Crippen molar-refractivity contribution in [3.8, 4) is 0 Å². The monoisotopic (exact) mass is 427 g/mol. The summed E-state index contributed by atoms with van der Waals surface area (Å²) in [7, 11) is 2.23. The number of hydrogen-bond acceptors (Lipinski definition) is 4. The Kier molecular flexibility index (Phi) is 8.28. The second kappa shape index (κ2) is 11.1. The van der Waals surface area contributed by atoms with Crippen LogP contribution in [0.25, 0.3) is 0 Å². The largest absolute Gasteiger partial charge is 0.357 e. The number of carbonyl (C=O) groups excluding carboxylic acids is 1. The molecule has 1 saturated heterocycles. The lowest BCUT2D eigenvalue weighted by molar-refractivity contribution is -0.114. The van der Waals surface area contributed by atoms with E-state index >= 15 is 0 Å². The first-order valence-electron chi connectivity index (χ1n) is 10.7. The van der Waals surface area contributed by atoms with E-state index in [2.05, 4.69) is 52.3 Å². The van der Waals surface area contributed by atoms with E-state index in [4.69, 9.17) is 4.99 Å². The lowest BCUT2D eigenvalue weighted by Gasteiger charge is -2.39. The topological polar surface area (TPSA) is 68.8 Å². The normalized spacial score (nSPS) is 20.0. The molecule has 0 radical (unpaired) electrons. The minimum absolute atomic E-state index is 0.0663. The number of nitrogens with zero attached hydrogens (tertiary/aromatic N) is 2. The molecule has 2 atom stereocenters. The van der Waals surface area contributed by atoms with Crippen LogP contribution in [0, 0.1) is 5.92 Å². The third-order valence-corrected chi connectivity index (χ3v) is 6.33. The second-order valence-corrected chi connectivity index (χ2v) is 8.78. The van der Waals surface area contributed by atoms with Crippen molar-refractivity contribution in [1.29, 1.82) is 0 Å². The molecule has 162 valence electrons. The van der Waals surface area contributed by atoms with Crippen LogP contribution in [-0.4, -0.2) is 43.4 Å². The number of guanidine groups is 1. The first-order valence-corrected chi connectivity index (χ1v) is 11.6. The Hall–Kier alpha value is -2.38. The van der Waals surface area contributed by atoms with Crippen molar-refractivity contribution in [2.24, 2.45) is 10.9 Å². The highest BCUT2D eigenvalue weighted by Crippen LogP contribution is 2.36. The lowest BCUT2D eigenvalue weighted by atomic mass is 9.88. The van der Waals surface area contributed by atoms with E-state index in [1.54, 1.807) is 0 Å². The first-order chi connectivity index (χ1) is 14.6. The number of amides is 1. The molecule has 0 aliphatic carbocycles. The van der Waals surface area contributed by atoms with Crippen LogP contribution >= 0.6 is 11.3 Å². The summed E-state index contributed by atoms with van der Waals surface area (Å²) in [5.41, 5.74) is 1.87. The molecule has 1 aromatic heterocycles.